The lowest BCUT2D eigenvalue weighted by molar-refractivity contribution is 0.739. The molecule has 0 unspecified atom stereocenters. The molecule has 2 heterocycles. The molecule has 2 aromatic heterocycles. The zero-order valence-electron chi connectivity index (χ0n) is 10.5. The minimum atomic E-state index is 0.383. The van der Waals surface area contributed by atoms with E-state index in [4.69, 9.17) is 11.6 Å². The molecule has 3 rings (SSSR count). The predicted molar refractivity (Wildman–Crippen MR) is 75.2 cm³/mol. The van der Waals surface area contributed by atoms with Crippen LogP contribution in [0.5, 0.6) is 0 Å². The van der Waals surface area contributed by atoms with Crippen LogP contribution in [0.3, 0.4) is 0 Å². The van der Waals surface area contributed by atoms with Gasteiger partial charge in [-0.05, 0) is 30.7 Å². The van der Waals surface area contributed by atoms with E-state index in [0.29, 0.717) is 12.4 Å². The normalized spacial score (nSPS) is 11.1. The number of imidazole rings is 1. The molecule has 4 nitrogen and oxygen atoms in total. The molecule has 0 aliphatic rings. The van der Waals surface area contributed by atoms with Crippen molar-refractivity contribution in [1.29, 1.82) is 0 Å². The molecule has 0 saturated heterocycles. The minimum Gasteiger partial charge on any atom is -0.321 e. The average Bonchev–Trinajstić information content (AvgIpc) is 2.79. The number of aromatic nitrogens is 4. The third-order valence-electron chi connectivity index (χ3n) is 3.11. The molecule has 0 aliphatic carbocycles. The van der Waals surface area contributed by atoms with E-state index in [9.17, 15) is 0 Å². The van der Waals surface area contributed by atoms with Crippen molar-refractivity contribution in [3.63, 3.8) is 0 Å². The Balaban J connectivity index is 2.16. The Morgan fingerprint density at radius 1 is 1.21 bits per heavy atom. The second-order valence-corrected chi connectivity index (χ2v) is 4.67. The number of aryl methyl sites for hydroxylation is 1. The molecule has 0 amide bonds. The lowest BCUT2D eigenvalue weighted by atomic mass is 10.2. The summed E-state index contributed by atoms with van der Waals surface area (Å²) >= 11 is 6.00. The van der Waals surface area contributed by atoms with Gasteiger partial charge in [-0.3, -0.25) is 0 Å². The average molecular weight is 273 g/mol. The van der Waals surface area contributed by atoms with Gasteiger partial charge in [0.1, 0.15) is 5.82 Å². The summed E-state index contributed by atoms with van der Waals surface area (Å²) in [7, 11) is 0. The van der Waals surface area contributed by atoms with Crippen LogP contribution < -0.4 is 0 Å². The van der Waals surface area contributed by atoms with Crippen LogP contribution in [0, 0.1) is 6.92 Å². The van der Waals surface area contributed by atoms with Crippen molar-refractivity contribution in [1.82, 2.24) is 19.7 Å². The number of nitrogens with zero attached hydrogens (tertiary/aromatic N) is 4. The number of benzene rings is 1. The zero-order chi connectivity index (χ0) is 13.2. The monoisotopic (exact) mass is 272 g/mol. The standard InChI is InChI=1S/C14H13ClN4/c1-10-4-2-6-12-14(10)19(13(8-15)17-12)9-11-5-3-7-16-18-11/h2-7H,8-9H2,1H3. The molecular weight excluding hydrogens is 260 g/mol. The van der Waals surface area contributed by atoms with Crippen LogP contribution in [0.15, 0.2) is 36.5 Å². The van der Waals surface area contributed by atoms with Gasteiger partial charge < -0.3 is 4.57 Å². The van der Waals surface area contributed by atoms with Crippen molar-refractivity contribution >= 4 is 22.6 Å². The van der Waals surface area contributed by atoms with E-state index in [1.165, 1.54) is 5.56 Å². The topological polar surface area (TPSA) is 43.6 Å². The molecule has 1 aromatic carbocycles. The zero-order valence-corrected chi connectivity index (χ0v) is 11.3. The van der Waals surface area contributed by atoms with Crippen molar-refractivity contribution < 1.29 is 0 Å². The Kier molecular flexibility index (Phi) is 3.17. The number of para-hydroxylation sites is 1. The van der Waals surface area contributed by atoms with Gasteiger partial charge in [-0.2, -0.15) is 10.2 Å². The van der Waals surface area contributed by atoms with Gasteiger partial charge in [0, 0.05) is 6.20 Å². The summed E-state index contributed by atoms with van der Waals surface area (Å²) in [4.78, 5) is 4.57. The minimum absolute atomic E-state index is 0.383. The van der Waals surface area contributed by atoms with E-state index in [1.54, 1.807) is 6.20 Å². The summed E-state index contributed by atoms with van der Waals surface area (Å²) in [6, 6.07) is 9.93. The van der Waals surface area contributed by atoms with Crippen LogP contribution in [0.1, 0.15) is 17.1 Å². The third-order valence-corrected chi connectivity index (χ3v) is 3.35. The molecule has 5 heteroatoms. The van der Waals surface area contributed by atoms with Crippen molar-refractivity contribution in [2.24, 2.45) is 0 Å². The molecule has 0 N–H and O–H groups in total. The van der Waals surface area contributed by atoms with E-state index in [1.807, 2.05) is 24.3 Å². The third kappa shape index (κ3) is 2.19. The summed E-state index contributed by atoms with van der Waals surface area (Å²) in [5.74, 6) is 1.24. The van der Waals surface area contributed by atoms with Gasteiger partial charge >= 0.3 is 0 Å². The highest BCUT2D eigenvalue weighted by Crippen LogP contribution is 2.21. The molecule has 0 bridgehead atoms. The number of alkyl halides is 1. The molecule has 0 spiro atoms. The van der Waals surface area contributed by atoms with Gasteiger partial charge in [0.25, 0.3) is 0 Å². The molecule has 96 valence electrons. The Bertz CT molecular complexity index is 706. The molecule has 0 atom stereocenters. The van der Waals surface area contributed by atoms with E-state index in [2.05, 4.69) is 32.7 Å². The van der Waals surface area contributed by atoms with E-state index >= 15 is 0 Å². The van der Waals surface area contributed by atoms with Crippen LogP contribution in [-0.4, -0.2) is 19.7 Å². The summed E-state index contributed by atoms with van der Waals surface area (Å²) < 4.78 is 2.11. The van der Waals surface area contributed by atoms with E-state index < -0.39 is 0 Å². The highest BCUT2D eigenvalue weighted by atomic mass is 35.5. The molecular formula is C14H13ClN4. The number of hydrogen-bond donors (Lipinski definition) is 0. The fourth-order valence-corrected chi connectivity index (χ4v) is 2.47. The van der Waals surface area contributed by atoms with Gasteiger partial charge in [-0.25, -0.2) is 4.98 Å². The van der Waals surface area contributed by atoms with Crippen LogP contribution >= 0.6 is 11.6 Å². The molecule has 0 fully saturated rings. The highest BCUT2D eigenvalue weighted by molar-refractivity contribution is 6.16. The maximum Gasteiger partial charge on any atom is 0.125 e. The van der Waals surface area contributed by atoms with Gasteiger partial charge in [-0.15, -0.1) is 11.6 Å². The van der Waals surface area contributed by atoms with E-state index in [-0.39, 0.29) is 0 Å². The van der Waals surface area contributed by atoms with Crippen LogP contribution in [0.2, 0.25) is 0 Å². The molecule has 3 aromatic rings. The SMILES string of the molecule is Cc1cccc2nc(CCl)n(Cc3cccnn3)c12. The fraction of sp³-hybridized carbons (Fsp3) is 0.214. The first-order chi connectivity index (χ1) is 9.29. The lowest BCUT2D eigenvalue weighted by Gasteiger charge is -2.08. The van der Waals surface area contributed by atoms with Gasteiger partial charge in [-0.1, -0.05) is 12.1 Å². The summed E-state index contributed by atoms with van der Waals surface area (Å²) in [6.45, 7) is 2.71. The lowest BCUT2D eigenvalue weighted by Crippen LogP contribution is -2.06. The quantitative estimate of drug-likeness (QED) is 0.689. The summed E-state index contributed by atoms with van der Waals surface area (Å²) in [6.07, 6.45) is 1.67. The van der Waals surface area contributed by atoms with Crippen molar-refractivity contribution in [2.75, 3.05) is 0 Å². The van der Waals surface area contributed by atoms with Gasteiger partial charge in [0.2, 0.25) is 0 Å². The van der Waals surface area contributed by atoms with Crippen LogP contribution in [-0.2, 0) is 12.4 Å². The first kappa shape index (κ1) is 12.1. The predicted octanol–water partition coefficient (Wildman–Crippen LogP) is 2.92. The molecule has 19 heavy (non-hydrogen) atoms. The second kappa shape index (κ2) is 4.97. The fourth-order valence-electron chi connectivity index (χ4n) is 2.27. The Labute approximate surface area is 116 Å². The number of halogens is 1. The largest absolute Gasteiger partial charge is 0.321 e. The van der Waals surface area contributed by atoms with E-state index in [0.717, 1.165) is 22.6 Å². The van der Waals surface area contributed by atoms with Crippen LogP contribution in [0.4, 0.5) is 0 Å². The maximum absolute atomic E-state index is 6.00. The Hall–Kier alpha value is -1.94. The van der Waals surface area contributed by atoms with Crippen molar-refractivity contribution in [3.8, 4) is 0 Å². The first-order valence-electron chi connectivity index (χ1n) is 6.07. The van der Waals surface area contributed by atoms with Crippen molar-refractivity contribution in [2.45, 2.75) is 19.3 Å². The van der Waals surface area contributed by atoms with Gasteiger partial charge in [0.15, 0.2) is 0 Å². The molecule has 0 aliphatic heterocycles. The number of hydrogen-bond acceptors (Lipinski definition) is 3. The summed E-state index contributed by atoms with van der Waals surface area (Å²) in [5, 5.41) is 8.03. The maximum atomic E-state index is 6.00. The van der Waals surface area contributed by atoms with Gasteiger partial charge in [0.05, 0.1) is 29.2 Å². The number of rotatable bonds is 3. The smallest absolute Gasteiger partial charge is 0.125 e. The molecule has 0 radical (unpaired) electrons. The van der Waals surface area contributed by atoms with Crippen molar-refractivity contribution in [3.05, 3.63) is 53.6 Å². The molecule has 0 saturated carbocycles. The Morgan fingerprint density at radius 2 is 2.11 bits per heavy atom. The number of fused-ring (bicyclic) bond motifs is 1. The highest BCUT2D eigenvalue weighted by Gasteiger charge is 2.12. The Morgan fingerprint density at radius 3 is 2.84 bits per heavy atom. The first-order valence-corrected chi connectivity index (χ1v) is 6.60. The van der Waals surface area contributed by atoms with Crippen LogP contribution in [0.25, 0.3) is 11.0 Å². The second-order valence-electron chi connectivity index (χ2n) is 4.41. The summed E-state index contributed by atoms with van der Waals surface area (Å²) in [5.41, 5.74) is 4.17.